The minimum Gasteiger partial charge on any atom is -0.290 e. The van der Waals surface area contributed by atoms with Gasteiger partial charge in [0.1, 0.15) is 0 Å². The van der Waals surface area contributed by atoms with Crippen LogP contribution in [0.1, 0.15) is 22.8 Å². The predicted octanol–water partition coefficient (Wildman–Crippen LogP) is 3.27. The molecule has 3 nitrogen and oxygen atoms in total. The Hall–Kier alpha value is -1.97. The van der Waals surface area contributed by atoms with E-state index in [0.29, 0.717) is 11.1 Å². The average Bonchev–Trinajstić information content (AvgIpc) is 2.47. The largest absolute Gasteiger partial charge is 0.290 e. The van der Waals surface area contributed by atoms with Crippen molar-refractivity contribution in [2.45, 2.75) is 12.5 Å². The first-order valence-electron chi connectivity index (χ1n) is 5.66. The van der Waals surface area contributed by atoms with Gasteiger partial charge in [0.2, 0.25) is 5.78 Å². The molecule has 2 aromatic carbocycles. The minimum atomic E-state index is -1.39. The maximum atomic E-state index is 12.4. The molecule has 2 rings (SSSR count). The van der Waals surface area contributed by atoms with E-state index in [0.717, 1.165) is 0 Å². The lowest BCUT2D eigenvalue weighted by Crippen LogP contribution is -2.34. The highest BCUT2D eigenvalue weighted by Gasteiger charge is 2.37. The lowest BCUT2D eigenvalue weighted by Gasteiger charge is -2.24. The second-order valence-electron chi connectivity index (χ2n) is 4.19. The second kappa shape index (κ2) is 5.12. The maximum Gasteiger partial charge on any atom is 0.202 e. The Bertz CT molecular complexity index is 522. The molecular formula is C15H14O3. The van der Waals surface area contributed by atoms with E-state index in [2.05, 4.69) is 4.89 Å². The molecule has 2 aromatic rings. The van der Waals surface area contributed by atoms with Gasteiger partial charge in [0, 0.05) is 5.56 Å². The molecule has 1 N–H and O–H groups in total. The molecule has 0 bridgehead atoms. The molecule has 0 aromatic heterocycles. The Morgan fingerprint density at radius 2 is 1.50 bits per heavy atom. The average molecular weight is 242 g/mol. The van der Waals surface area contributed by atoms with E-state index < -0.39 is 5.60 Å². The van der Waals surface area contributed by atoms with Gasteiger partial charge in [-0.1, -0.05) is 60.7 Å². The van der Waals surface area contributed by atoms with Gasteiger partial charge >= 0.3 is 0 Å². The molecule has 0 amide bonds. The van der Waals surface area contributed by atoms with Crippen molar-refractivity contribution in [3.05, 3.63) is 71.8 Å². The summed E-state index contributed by atoms with van der Waals surface area (Å²) in [5, 5.41) is 9.15. The highest BCUT2D eigenvalue weighted by atomic mass is 17.1. The number of benzene rings is 2. The molecule has 0 aliphatic heterocycles. The summed E-state index contributed by atoms with van der Waals surface area (Å²) in [7, 11) is 0. The molecular weight excluding hydrogens is 228 g/mol. The SMILES string of the molecule is CC(OO)(C(=O)c1ccccc1)c1ccccc1. The third-order valence-corrected chi connectivity index (χ3v) is 2.98. The minimum absolute atomic E-state index is 0.281. The van der Waals surface area contributed by atoms with Crippen LogP contribution in [-0.4, -0.2) is 11.0 Å². The molecule has 1 unspecified atom stereocenters. The lowest BCUT2D eigenvalue weighted by molar-refractivity contribution is -0.304. The van der Waals surface area contributed by atoms with Crippen LogP contribution in [0, 0.1) is 0 Å². The van der Waals surface area contributed by atoms with Gasteiger partial charge in [-0.3, -0.25) is 10.1 Å². The Balaban J connectivity index is 2.43. The number of hydrogen-bond acceptors (Lipinski definition) is 3. The molecule has 3 heteroatoms. The highest BCUT2D eigenvalue weighted by Crippen LogP contribution is 2.28. The summed E-state index contributed by atoms with van der Waals surface area (Å²) in [6.07, 6.45) is 0. The molecule has 0 aliphatic rings. The molecule has 0 fully saturated rings. The first kappa shape index (κ1) is 12.5. The summed E-state index contributed by atoms with van der Waals surface area (Å²) in [5.41, 5.74) is -0.276. The van der Waals surface area contributed by atoms with Crippen LogP contribution in [0.5, 0.6) is 0 Å². The molecule has 0 spiro atoms. The van der Waals surface area contributed by atoms with Gasteiger partial charge in [-0.2, -0.15) is 0 Å². The van der Waals surface area contributed by atoms with Crippen LogP contribution in [0.2, 0.25) is 0 Å². The number of Topliss-reactive ketones (excluding diaryl/α,β-unsaturated/α-hetero) is 1. The van der Waals surface area contributed by atoms with Crippen LogP contribution >= 0.6 is 0 Å². The molecule has 0 heterocycles. The van der Waals surface area contributed by atoms with Crippen molar-refractivity contribution >= 4 is 5.78 Å². The van der Waals surface area contributed by atoms with Crippen LogP contribution in [0.15, 0.2) is 60.7 Å². The molecule has 0 radical (unpaired) electrons. The van der Waals surface area contributed by atoms with Crippen molar-refractivity contribution in [2.75, 3.05) is 0 Å². The maximum absolute atomic E-state index is 12.4. The Kier molecular flexibility index (Phi) is 3.55. The van der Waals surface area contributed by atoms with Gasteiger partial charge in [-0.25, -0.2) is 4.89 Å². The van der Waals surface area contributed by atoms with Crippen LogP contribution in [-0.2, 0) is 10.5 Å². The number of ketones is 1. The van der Waals surface area contributed by atoms with Gasteiger partial charge in [0.25, 0.3) is 0 Å². The van der Waals surface area contributed by atoms with E-state index in [4.69, 9.17) is 5.26 Å². The monoisotopic (exact) mass is 242 g/mol. The van der Waals surface area contributed by atoms with E-state index in [1.165, 1.54) is 0 Å². The van der Waals surface area contributed by atoms with Crippen LogP contribution in [0.25, 0.3) is 0 Å². The zero-order valence-electron chi connectivity index (χ0n) is 10.0. The molecule has 1 atom stereocenters. The summed E-state index contributed by atoms with van der Waals surface area (Å²) in [4.78, 5) is 16.9. The van der Waals surface area contributed by atoms with Gasteiger partial charge in [0.15, 0.2) is 5.60 Å². The molecule has 92 valence electrons. The van der Waals surface area contributed by atoms with E-state index in [-0.39, 0.29) is 5.78 Å². The number of carbonyl (C=O) groups is 1. The normalized spacial score (nSPS) is 13.9. The summed E-state index contributed by atoms with van der Waals surface area (Å²) in [6.45, 7) is 1.55. The topological polar surface area (TPSA) is 46.5 Å². The fraction of sp³-hybridized carbons (Fsp3) is 0.133. The van der Waals surface area contributed by atoms with Gasteiger partial charge in [-0.05, 0) is 12.5 Å². The number of hydrogen-bond donors (Lipinski definition) is 1. The third-order valence-electron chi connectivity index (χ3n) is 2.98. The number of rotatable bonds is 4. The van der Waals surface area contributed by atoms with Gasteiger partial charge in [-0.15, -0.1) is 0 Å². The van der Waals surface area contributed by atoms with Crippen molar-refractivity contribution in [1.29, 1.82) is 0 Å². The third kappa shape index (κ3) is 2.18. The molecule has 18 heavy (non-hydrogen) atoms. The Labute approximate surface area is 106 Å². The molecule has 0 aliphatic carbocycles. The van der Waals surface area contributed by atoms with Crippen molar-refractivity contribution in [3.8, 4) is 0 Å². The smallest absolute Gasteiger partial charge is 0.202 e. The highest BCUT2D eigenvalue weighted by molar-refractivity contribution is 6.02. The summed E-state index contributed by atoms with van der Waals surface area (Å²) in [5.74, 6) is -0.281. The molecule has 0 saturated heterocycles. The van der Waals surface area contributed by atoms with Crippen molar-refractivity contribution in [3.63, 3.8) is 0 Å². The first-order chi connectivity index (χ1) is 8.68. The van der Waals surface area contributed by atoms with E-state index in [9.17, 15) is 4.79 Å². The zero-order chi connectivity index (χ0) is 13.0. The van der Waals surface area contributed by atoms with Crippen molar-refractivity contribution in [2.24, 2.45) is 0 Å². The summed E-state index contributed by atoms with van der Waals surface area (Å²) in [6, 6.07) is 17.7. The second-order valence-corrected chi connectivity index (χ2v) is 4.19. The summed E-state index contributed by atoms with van der Waals surface area (Å²) >= 11 is 0. The summed E-state index contributed by atoms with van der Waals surface area (Å²) < 4.78 is 0. The van der Waals surface area contributed by atoms with Crippen molar-refractivity contribution < 1.29 is 14.9 Å². The fourth-order valence-electron chi connectivity index (χ4n) is 1.85. The van der Waals surface area contributed by atoms with Crippen LogP contribution < -0.4 is 0 Å². The first-order valence-corrected chi connectivity index (χ1v) is 5.66. The van der Waals surface area contributed by atoms with Crippen LogP contribution in [0.3, 0.4) is 0 Å². The Morgan fingerprint density at radius 3 is 2.00 bits per heavy atom. The molecule has 0 saturated carbocycles. The lowest BCUT2D eigenvalue weighted by atomic mass is 9.88. The van der Waals surface area contributed by atoms with E-state index in [1.54, 1.807) is 55.5 Å². The Morgan fingerprint density at radius 1 is 1.00 bits per heavy atom. The zero-order valence-corrected chi connectivity index (χ0v) is 10.0. The van der Waals surface area contributed by atoms with Crippen LogP contribution in [0.4, 0.5) is 0 Å². The van der Waals surface area contributed by atoms with E-state index >= 15 is 0 Å². The predicted molar refractivity (Wildman–Crippen MR) is 68.3 cm³/mol. The van der Waals surface area contributed by atoms with Gasteiger partial charge < -0.3 is 0 Å². The quantitative estimate of drug-likeness (QED) is 0.508. The van der Waals surface area contributed by atoms with Gasteiger partial charge in [0.05, 0.1) is 0 Å². The number of carbonyl (C=O) groups excluding carboxylic acids is 1. The van der Waals surface area contributed by atoms with Crippen molar-refractivity contribution in [1.82, 2.24) is 0 Å². The standard InChI is InChI=1S/C15H14O3/c1-15(18-17,13-10-6-3-7-11-13)14(16)12-8-4-2-5-9-12/h2-11,17H,1H3. The fourth-order valence-corrected chi connectivity index (χ4v) is 1.85. The van der Waals surface area contributed by atoms with E-state index in [1.807, 2.05) is 12.1 Å².